The Labute approximate surface area is 117 Å². The first-order valence-corrected chi connectivity index (χ1v) is 8.82. The summed E-state index contributed by atoms with van der Waals surface area (Å²) in [5.74, 6) is 0. The Kier molecular flexibility index (Phi) is 6.26. The summed E-state index contributed by atoms with van der Waals surface area (Å²) in [6.07, 6.45) is 16.8. The largest absolute Gasteiger partial charge is 0.145 e. The zero-order valence-electron chi connectivity index (χ0n) is 12.0. The van der Waals surface area contributed by atoms with Gasteiger partial charge in [-0.15, -0.1) is 11.3 Å². The molecule has 0 unspecified atom stereocenters. The molecule has 0 N–H and O–H groups in total. The maximum absolute atomic E-state index is 2.54. The van der Waals surface area contributed by atoms with E-state index in [-0.39, 0.29) is 0 Å². The highest BCUT2D eigenvalue weighted by atomic mass is 32.1. The van der Waals surface area contributed by atoms with Crippen molar-refractivity contribution in [1.29, 1.82) is 0 Å². The minimum Gasteiger partial charge on any atom is -0.145 e. The average Bonchev–Trinajstić information content (AvgIpc) is 2.78. The first-order chi connectivity index (χ1) is 8.90. The molecular weight excluding hydrogens is 236 g/mol. The molecule has 1 aromatic rings. The number of fused-ring (bicyclic) bond motifs is 1. The molecule has 0 nitrogen and oxygen atoms in total. The van der Waals surface area contributed by atoms with E-state index in [1.807, 2.05) is 0 Å². The van der Waals surface area contributed by atoms with Crippen LogP contribution in [0.5, 0.6) is 0 Å². The SMILES string of the molecule is CCCCCCc1cc2c(s1)CCCCCCC2. The van der Waals surface area contributed by atoms with Crippen molar-refractivity contribution in [3.63, 3.8) is 0 Å². The monoisotopic (exact) mass is 264 g/mol. The first-order valence-electron chi connectivity index (χ1n) is 8.00. The molecule has 0 aromatic carbocycles. The van der Waals surface area contributed by atoms with Gasteiger partial charge in [0.1, 0.15) is 0 Å². The van der Waals surface area contributed by atoms with Crippen LogP contribution in [0.1, 0.15) is 80.0 Å². The van der Waals surface area contributed by atoms with E-state index in [0.29, 0.717) is 0 Å². The Morgan fingerprint density at radius 3 is 2.56 bits per heavy atom. The molecule has 1 heteroatoms. The molecule has 0 radical (unpaired) electrons. The summed E-state index contributed by atoms with van der Waals surface area (Å²) in [4.78, 5) is 3.39. The van der Waals surface area contributed by atoms with Gasteiger partial charge in [0.25, 0.3) is 0 Å². The van der Waals surface area contributed by atoms with Crippen LogP contribution in [-0.2, 0) is 19.3 Å². The van der Waals surface area contributed by atoms with E-state index in [1.54, 1.807) is 15.3 Å². The molecule has 0 bridgehead atoms. The minimum atomic E-state index is 1.33. The molecule has 0 atom stereocenters. The summed E-state index contributed by atoms with van der Waals surface area (Å²) >= 11 is 2.13. The highest BCUT2D eigenvalue weighted by molar-refractivity contribution is 7.12. The van der Waals surface area contributed by atoms with Crippen LogP contribution in [0.25, 0.3) is 0 Å². The highest BCUT2D eigenvalue weighted by Gasteiger charge is 2.10. The molecule has 1 heterocycles. The normalized spacial score (nSPS) is 16.7. The number of unbranched alkanes of at least 4 members (excludes halogenated alkanes) is 3. The maximum atomic E-state index is 2.54. The molecule has 0 saturated carbocycles. The third kappa shape index (κ3) is 4.42. The van der Waals surface area contributed by atoms with Crippen LogP contribution >= 0.6 is 11.3 Å². The number of rotatable bonds is 5. The second-order valence-electron chi connectivity index (χ2n) is 5.74. The maximum Gasteiger partial charge on any atom is 0.00801 e. The van der Waals surface area contributed by atoms with Gasteiger partial charge in [-0.3, -0.25) is 0 Å². The molecule has 0 fully saturated rings. The molecule has 0 spiro atoms. The van der Waals surface area contributed by atoms with E-state index in [2.05, 4.69) is 24.3 Å². The first kappa shape index (κ1) is 14.1. The second-order valence-corrected chi connectivity index (χ2v) is 6.96. The molecule has 1 aliphatic rings. The van der Waals surface area contributed by atoms with E-state index in [9.17, 15) is 0 Å². The molecule has 0 saturated heterocycles. The number of thiophene rings is 1. The predicted octanol–water partition coefficient (Wildman–Crippen LogP) is 5.92. The van der Waals surface area contributed by atoms with Crippen molar-refractivity contribution in [3.8, 4) is 0 Å². The van der Waals surface area contributed by atoms with Crippen molar-refractivity contribution in [3.05, 3.63) is 21.4 Å². The van der Waals surface area contributed by atoms with Crippen molar-refractivity contribution in [2.24, 2.45) is 0 Å². The average molecular weight is 264 g/mol. The fraction of sp³-hybridized carbons (Fsp3) is 0.765. The summed E-state index contributed by atoms with van der Waals surface area (Å²) in [6.45, 7) is 2.29. The Morgan fingerprint density at radius 1 is 0.944 bits per heavy atom. The zero-order chi connectivity index (χ0) is 12.6. The summed E-state index contributed by atoms with van der Waals surface area (Å²) in [7, 11) is 0. The molecule has 18 heavy (non-hydrogen) atoms. The second kappa shape index (κ2) is 7.99. The molecular formula is C17H28S. The fourth-order valence-electron chi connectivity index (χ4n) is 2.93. The Morgan fingerprint density at radius 2 is 1.72 bits per heavy atom. The Balaban J connectivity index is 1.89. The van der Waals surface area contributed by atoms with Crippen LogP contribution in [0.4, 0.5) is 0 Å². The molecule has 1 aliphatic carbocycles. The lowest BCUT2D eigenvalue weighted by molar-refractivity contribution is 0.629. The van der Waals surface area contributed by atoms with Crippen LogP contribution < -0.4 is 0 Å². The van der Waals surface area contributed by atoms with E-state index in [0.717, 1.165) is 0 Å². The minimum absolute atomic E-state index is 1.33. The van der Waals surface area contributed by atoms with Gasteiger partial charge in [-0.2, -0.15) is 0 Å². The van der Waals surface area contributed by atoms with Crippen LogP contribution in [-0.4, -0.2) is 0 Å². The summed E-state index contributed by atoms with van der Waals surface area (Å²) in [5.41, 5.74) is 1.70. The van der Waals surface area contributed by atoms with Gasteiger partial charge in [0.05, 0.1) is 0 Å². The quantitative estimate of drug-likeness (QED) is 0.579. The smallest absolute Gasteiger partial charge is 0.00801 e. The van der Waals surface area contributed by atoms with Gasteiger partial charge in [-0.25, -0.2) is 0 Å². The van der Waals surface area contributed by atoms with E-state index in [1.165, 1.54) is 77.0 Å². The lowest BCUT2D eigenvalue weighted by Crippen LogP contribution is -1.86. The Hall–Kier alpha value is -0.300. The van der Waals surface area contributed by atoms with Crippen LogP contribution in [0.2, 0.25) is 0 Å². The third-order valence-electron chi connectivity index (χ3n) is 4.07. The molecule has 102 valence electrons. The number of hydrogen-bond acceptors (Lipinski definition) is 1. The standard InChI is InChI=1S/C17H28S/c1-2-3-4-9-12-16-14-15-11-8-6-5-7-10-13-17(15)18-16/h14H,2-13H2,1H3. The van der Waals surface area contributed by atoms with Gasteiger partial charge < -0.3 is 0 Å². The van der Waals surface area contributed by atoms with Gasteiger partial charge >= 0.3 is 0 Å². The van der Waals surface area contributed by atoms with Crippen molar-refractivity contribution in [2.75, 3.05) is 0 Å². The molecule has 1 aromatic heterocycles. The van der Waals surface area contributed by atoms with Crippen molar-refractivity contribution >= 4 is 11.3 Å². The third-order valence-corrected chi connectivity index (χ3v) is 5.37. The van der Waals surface area contributed by atoms with Gasteiger partial charge in [-0.1, -0.05) is 45.4 Å². The van der Waals surface area contributed by atoms with E-state index in [4.69, 9.17) is 0 Å². The number of hydrogen-bond donors (Lipinski definition) is 0. The zero-order valence-corrected chi connectivity index (χ0v) is 12.8. The van der Waals surface area contributed by atoms with Crippen LogP contribution in [0.15, 0.2) is 6.07 Å². The fourth-order valence-corrected chi connectivity index (χ4v) is 4.23. The Bertz CT molecular complexity index is 312. The van der Waals surface area contributed by atoms with Gasteiger partial charge in [0, 0.05) is 9.75 Å². The lowest BCUT2D eigenvalue weighted by atomic mass is 10.1. The molecule has 0 amide bonds. The summed E-state index contributed by atoms with van der Waals surface area (Å²) in [6, 6.07) is 2.54. The van der Waals surface area contributed by atoms with Gasteiger partial charge in [0.2, 0.25) is 0 Å². The molecule has 2 rings (SSSR count). The van der Waals surface area contributed by atoms with Crippen molar-refractivity contribution in [1.82, 2.24) is 0 Å². The lowest BCUT2D eigenvalue weighted by Gasteiger charge is -1.98. The van der Waals surface area contributed by atoms with Gasteiger partial charge in [-0.05, 0) is 50.2 Å². The van der Waals surface area contributed by atoms with Gasteiger partial charge in [0.15, 0.2) is 0 Å². The summed E-state index contributed by atoms with van der Waals surface area (Å²) in [5, 5.41) is 0. The van der Waals surface area contributed by atoms with Crippen molar-refractivity contribution < 1.29 is 0 Å². The highest BCUT2D eigenvalue weighted by Crippen LogP contribution is 2.29. The summed E-state index contributed by atoms with van der Waals surface area (Å²) < 4.78 is 0. The van der Waals surface area contributed by atoms with Crippen LogP contribution in [0, 0.1) is 0 Å². The predicted molar refractivity (Wildman–Crippen MR) is 82.7 cm³/mol. The molecule has 0 aliphatic heterocycles. The topological polar surface area (TPSA) is 0 Å². The van der Waals surface area contributed by atoms with Crippen molar-refractivity contribution in [2.45, 2.75) is 84.0 Å². The van der Waals surface area contributed by atoms with E-state index >= 15 is 0 Å². The van der Waals surface area contributed by atoms with E-state index < -0.39 is 0 Å². The van der Waals surface area contributed by atoms with Crippen LogP contribution in [0.3, 0.4) is 0 Å². The number of aryl methyl sites for hydroxylation is 3.